The summed E-state index contributed by atoms with van der Waals surface area (Å²) in [5.74, 6) is 1.74. The van der Waals surface area contributed by atoms with Gasteiger partial charge in [-0.15, -0.1) is 0 Å². The number of rotatable bonds is 6. The number of hydrogen-bond acceptors (Lipinski definition) is 3. The van der Waals surface area contributed by atoms with Crippen LogP contribution in [0.3, 0.4) is 0 Å². The Morgan fingerprint density at radius 3 is 2.30 bits per heavy atom. The van der Waals surface area contributed by atoms with Crippen LogP contribution in [0.15, 0.2) is 54.6 Å². The summed E-state index contributed by atoms with van der Waals surface area (Å²) in [7, 11) is 0. The molecule has 1 heterocycles. The van der Waals surface area contributed by atoms with Crippen molar-refractivity contribution >= 4 is 5.69 Å². The zero-order valence-electron chi connectivity index (χ0n) is 13.7. The zero-order valence-corrected chi connectivity index (χ0v) is 13.7. The Labute approximate surface area is 139 Å². The predicted molar refractivity (Wildman–Crippen MR) is 95.8 cm³/mol. The van der Waals surface area contributed by atoms with Gasteiger partial charge in [0.2, 0.25) is 0 Å². The van der Waals surface area contributed by atoms with Crippen molar-refractivity contribution in [2.75, 3.05) is 24.5 Å². The number of anilines is 1. The van der Waals surface area contributed by atoms with Gasteiger partial charge in [-0.1, -0.05) is 30.3 Å². The number of benzene rings is 2. The molecule has 0 radical (unpaired) electrons. The molecule has 2 aromatic rings. The molecule has 122 valence electrons. The maximum Gasteiger partial charge on any atom is 0.119 e. The van der Waals surface area contributed by atoms with Crippen molar-refractivity contribution in [2.45, 2.75) is 25.9 Å². The highest BCUT2D eigenvalue weighted by Crippen LogP contribution is 2.26. The molecule has 2 N–H and O–H groups in total. The molecule has 3 nitrogen and oxygen atoms in total. The van der Waals surface area contributed by atoms with Gasteiger partial charge in [-0.25, -0.2) is 0 Å². The Morgan fingerprint density at radius 2 is 1.65 bits per heavy atom. The Bertz CT molecular complexity index is 574. The molecule has 2 aromatic carbocycles. The SMILES string of the molecule is NCCC1CCN(c2ccc(OCc3ccccc3)cc2)CC1. The second-order valence-corrected chi connectivity index (χ2v) is 6.28. The monoisotopic (exact) mass is 310 g/mol. The third-order valence-electron chi connectivity index (χ3n) is 4.64. The fourth-order valence-electron chi connectivity index (χ4n) is 3.21. The van der Waals surface area contributed by atoms with Gasteiger partial charge in [-0.2, -0.15) is 0 Å². The van der Waals surface area contributed by atoms with Crippen LogP contribution in [0, 0.1) is 5.92 Å². The van der Waals surface area contributed by atoms with E-state index in [-0.39, 0.29) is 0 Å². The highest BCUT2D eigenvalue weighted by molar-refractivity contribution is 5.49. The smallest absolute Gasteiger partial charge is 0.119 e. The van der Waals surface area contributed by atoms with E-state index in [0.29, 0.717) is 6.61 Å². The number of hydrogen-bond donors (Lipinski definition) is 1. The summed E-state index contributed by atoms with van der Waals surface area (Å²) in [6, 6.07) is 18.8. The van der Waals surface area contributed by atoms with E-state index >= 15 is 0 Å². The Hall–Kier alpha value is -2.00. The van der Waals surface area contributed by atoms with E-state index in [2.05, 4.69) is 41.3 Å². The second kappa shape index (κ2) is 8.02. The Morgan fingerprint density at radius 1 is 0.957 bits per heavy atom. The van der Waals surface area contributed by atoms with Crippen LogP contribution in [0.1, 0.15) is 24.8 Å². The van der Waals surface area contributed by atoms with Crippen LogP contribution in [0.5, 0.6) is 5.75 Å². The Kier molecular flexibility index (Phi) is 5.54. The fourth-order valence-corrected chi connectivity index (χ4v) is 3.21. The quantitative estimate of drug-likeness (QED) is 0.881. The molecule has 0 aliphatic carbocycles. The van der Waals surface area contributed by atoms with Gasteiger partial charge in [0.25, 0.3) is 0 Å². The number of ether oxygens (including phenoxy) is 1. The van der Waals surface area contributed by atoms with Gasteiger partial charge < -0.3 is 15.4 Å². The topological polar surface area (TPSA) is 38.5 Å². The van der Waals surface area contributed by atoms with E-state index in [0.717, 1.165) is 31.3 Å². The van der Waals surface area contributed by atoms with E-state index in [9.17, 15) is 0 Å². The van der Waals surface area contributed by atoms with Crippen molar-refractivity contribution in [3.63, 3.8) is 0 Å². The van der Waals surface area contributed by atoms with Gasteiger partial charge in [0.1, 0.15) is 12.4 Å². The lowest BCUT2D eigenvalue weighted by molar-refractivity contribution is 0.306. The van der Waals surface area contributed by atoms with Crippen LogP contribution in [-0.2, 0) is 6.61 Å². The molecular weight excluding hydrogens is 284 g/mol. The Balaban J connectivity index is 1.51. The molecule has 23 heavy (non-hydrogen) atoms. The fraction of sp³-hybridized carbons (Fsp3) is 0.400. The summed E-state index contributed by atoms with van der Waals surface area (Å²) in [6.07, 6.45) is 3.67. The van der Waals surface area contributed by atoms with Crippen LogP contribution in [0.25, 0.3) is 0 Å². The minimum Gasteiger partial charge on any atom is -0.489 e. The van der Waals surface area contributed by atoms with Gasteiger partial charge in [0.05, 0.1) is 0 Å². The highest BCUT2D eigenvalue weighted by Gasteiger charge is 2.18. The molecule has 0 aromatic heterocycles. The molecule has 3 rings (SSSR count). The average Bonchev–Trinajstić information content (AvgIpc) is 2.62. The minimum absolute atomic E-state index is 0.616. The summed E-state index contributed by atoms with van der Waals surface area (Å²) < 4.78 is 5.85. The third kappa shape index (κ3) is 4.49. The van der Waals surface area contributed by atoms with Gasteiger partial charge in [0.15, 0.2) is 0 Å². The lowest BCUT2D eigenvalue weighted by Gasteiger charge is -2.33. The summed E-state index contributed by atoms with van der Waals surface area (Å²) in [5.41, 5.74) is 8.15. The summed E-state index contributed by atoms with van der Waals surface area (Å²) in [4.78, 5) is 2.47. The number of nitrogens with two attached hydrogens (primary N) is 1. The van der Waals surface area contributed by atoms with Gasteiger partial charge in [0, 0.05) is 18.8 Å². The van der Waals surface area contributed by atoms with Crippen LogP contribution in [0.4, 0.5) is 5.69 Å². The summed E-state index contributed by atoms with van der Waals surface area (Å²) in [5, 5.41) is 0. The largest absolute Gasteiger partial charge is 0.489 e. The number of nitrogens with zero attached hydrogens (tertiary/aromatic N) is 1. The van der Waals surface area contributed by atoms with Crippen molar-refractivity contribution < 1.29 is 4.74 Å². The molecule has 0 spiro atoms. The molecule has 1 saturated heterocycles. The first kappa shape index (κ1) is 15.9. The first-order chi connectivity index (χ1) is 11.3. The van der Waals surface area contributed by atoms with E-state index in [1.165, 1.54) is 30.5 Å². The van der Waals surface area contributed by atoms with Crippen LogP contribution >= 0.6 is 0 Å². The van der Waals surface area contributed by atoms with Crippen molar-refractivity contribution in [3.8, 4) is 5.75 Å². The van der Waals surface area contributed by atoms with Crippen LogP contribution in [0.2, 0.25) is 0 Å². The molecule has 0 unspecified atom stereocenters. The van der Waals surface area contributed by atoms with Crippen molar-refractivity contribution in [1.29, 1.82) is 0 Å². The molecule has 0 atom stereocenters. The molecule has 1 fully saturated rings. The summed E-state index contributed by atoms with van der Waals surface area (Å²) in [6.45, 7) is 3.70. The van der Waals surface area contributed by atoms with Crippen LogP contribution < -0.4 is 15.4 Å². The lowest BCUT2D eigenvalue weighted by atomic mass is 9.93. The minimum atomic E-state index is 0.616. The normalized spacial score (nSPS) is 15.6. The molecule has 3 heteroatoms. The maximum atomic E-state index is 5.85. The average molecular weight is 310 g/mol. The summed E-state index contributed by atoms with van der Waals surface area (Å²) >= 11 is 0. The predicted octanol–water partition coefficient (Wildman–Crippen LogP) is 3.83. The molecular formula is C20H26N2O. The molecule has 1 aliphatic heterocycles. The van der Waals surface area contributed by atoms with Crippen LogP contribution in [-0.4, -0.2) is 19.6 Å². The van der Waals surface area contributed by atoms with Crippen molar-refractivity contribution in [3.05, 3.63) is 60.2 Å². The van der Waals surface area contributed by atoms with Gasteiger partial charge in [-0.3, -0.25) is 0 Å². The molecule has 0 amide bonds. The lowest BCUT2D eigenvalue weighted by Crippen LogP contribution is -2.34. The molecule has 0 bridgehead atoms. The number of piperidine rings is 1. The standard InChI is InChI=1S/C20H26N2O/c21-13-10-17-11-14-22(15-12-17)19-6-8-20(9-7-19)23-16-18-4-2-1-3-5-18/h1-9,17H,10-16,21H2. The third-order valence-corrected chi connectivity index (χ3v) is 4.64. The van der Waals surface area contributed by atoms with Crippen molar-refractivity contribution in [1.82, 2.24) is 0 Å². The van der Waals surface area contributed by atoms with E-state index in [1.54, 1.807) is 0 Å². The zero-order chi connectivity index (χ0) is 15.9. The molecule has 1 aliphatic rings. The van der Waals surface area contributed by atoms with Crippen molar-refractivity contribution in [2.24, 2.45) is 11.7 Å². The highest BCUT2D eigenvalue weighted by atomic mass is 16.5. The molecule has 0 saturated carbocycles. The van der Waals surface area contributed by atoms with E-state index in [1.807, 2.05) is 18.2 Å². The van der Waals surface area contributed by atoms with E-state index in [4.69, 9.17) is 10.5 Å². The first-order valence-corrected chi connectivity index (χ1v) is 8.57. The van der Waals surface area contributed by atoms with Gasteiger partial charge >= 0.3 is 0 Å². The first-order valence-electron chi connectivity index (χ1n) is 8.57. The van der Waals surface area contributed by atoms with Gasteiger partial charge in [-0.05, 0) is 61.6 Å². The van der Waals surface area contributed by atoms with E-state index < -0.39 is 0 Å². The second-order valence-electron chi connectivity index (χ2n) is 6.28. The maximum absolute atomic E-state index is 5.85.